The predicted molar refractivity (Wildman–Crippen MR) is 115 cm³/mol. The zero-order chi connectivity index (χ0) is 18.2. The van der Waals surface area contributed by atoms with E-state index in [9.17, 15) is 0 Å². The Kier molecular flexibility index (Phi) is 3.72. The molecule has 4 aromatic carbocycles. The van der Waals surface area contributed by atoms with E-state index in [1.165, 1.54) is 44.0 Å². The van der Waals surface area contributed by atoms with Crippen LogP contribution in [-0.4, -0.2) is 4.98 Å². The van der Waals surface area contributed by atoms with Crippen molar-refractivity contribution in [1.29, 1.82) is 0 Å². The third-order valence-corrected chi connectivity index (χ3v) is 5.26. The van der Waals surface area contributed by atoms with Crippen LogP contribution in [0.3, 0.4) is 0 Å². The summed E-state index contributed by atoms with van der Waals surface area (Å²) in [5.74, 6) is 0. The highest BCUT2D eigenvalue weighted by Crippen LogP contribution is 2.43. The first kappa shape index (κ1) is 15.8. The number of pyridine rings is 1. The molecule has 0 saturated heterocycles. The summed E-state index contributed by atoms with van der Waals surface area (Å²) in [5.41, 5.74) is 7.28. The van der Waals surface area contributed by atoms with Crippen LogP contribution in [0.4, 0.5) is 0 Å². The average molecular weight is 345 g/mol. The van der Waals surface area contributed by atoms with Gasteiger partial charge in [-0.15, -0.1) is 0 Å². The van der Waals surface area contributed by atoms with Crippen molar-refractivity contribution in [3.05, 3.63) is 103 Å². The molecule has 128 valence electrons. The molecule has 0 spiro atoms. The van der Waals surface area contributed by atoms with Crippen LogP contribution in [0.1, 0.15) is 5.56 Å². The molecule has 1 heterocycles. The SMILES string of the molecule is Cc1ccccc1-c1c2ccccc2c(-c2ccccc2)c2ncccc12. The van der Waals surface area contributed by atoms with Crippen molar-refractivity contribution in [1.82, 2.24) is 4.98 Å². The van der Waals surface area contributed by atoms with Gasteiger partial charge in [0.25, 0.3) is 0 Å². The molecule has 1 nitrogen and oxygen atoms in total. The molecule has 0 radical (unpaired) electrons. The van der Waals surface area contributed by atoms with Gasteiger partial charge in [0.15, 0.2) is 0 Å². The Bertz CT molecular complexity index is 1210. The van der Waals surface area contributed by atoms with Gasteiger partial charge >= 0.3 is 0 Å². The first-order valence-electron chi connectivity index (χ1n) is 9.25. The predicted octanol–water partition coefficient (Wildman–Crippen LogP) is 7.03. The Morgan fingerprint density at radius 1 is 0.556 bits per heavy atom. The second-order valence-corrected chi connectivity index (χ2v) is 6.88. The first-order valence-corrected chi connectivity index (χ1v) is 9.25. The molecular formula is C26H19N. The van der Waals surface area contributed by atoms with Gasteiger partial charge in [-0.1, -0.05) is 84.9 Å². The highest BCUT2D eigenvalue weighted by atomic mass is 14.7. The lowest BCUT2D eigenvalue weighted by molar-refractivity contribution is 1.41. The Labute approximate surface area is 158 Å². The molecule has 0 N–H and O–H groups in total. The fourth-order valence-electron chi connectivity index (χ4n) is 4.04. The minimum atomic E-state index is 1.06. The molecule has 0 aliphatic rings. The molecule has 0 atom stereocenters. The van der Waals surface area contributed by atoms with E-state index < -0.39 is 0 Å². The standard InChI is InChI=1S/C26H19N/c1-18-10-5-6-13-20(18)25-22-15-8-7-14-21(22)24(19-11-3-2-4-12-19)26-23(25)16-9-17-27-26/h2-17H,1H3. The maximum atomic E-state index is 4.82. The minimum absolute atomic E-state index is 1.06. The fraction of sp³-hybridized carbons (Fsp3) is 0.0385. The normalized spacial score (nSPS) is 11.1. The third-order valence-electron chi connectivity index (χ3n) is 5.26. The molecular weight excluding hydrogens is 326 g/mol. The van der Waals surface area contributed by atoms with Crippen LogP contribution in [0.2, 0.25) is 0 Å². The van der Waals surface area contributed by atoms with Crippen molar-refractivity contribution in [3.8, 4) is 22.3 Å². The lowest BCUT2D eigenvalue weighted by atomic mass is 9.87. The van der Waals surface area contributed by atoms with Crippen LogP contribution in [0.25, 0.3) is 43.9 Å². The van der Waals surface area contributed by atoms with E-state index in [1.807, 2.05) is 12.3 Å². The maximum Gasteiger partial charge on any atom is 0.0792 e. The lowest BCUT2D eigenvalue weighted by Crippen LogP contribution is -1.93. The molecule has 0 aliphatic heterocycles. The maximum absolute atomic E-state index is 4.82. The van der Waals surface area contributed by atoms with Crippen molar-refractivity contribution in [2.45, 2.75) is 6.92 Å². The molecule has 0 saturated carbocycles. The summed E-state index contributed by atoms with van der Waals surface area (Å²) in [6, 6.07) is 32.1. The fourth-order valence-corrected chi connectivity index (χ4v) is 4.04. The van der Waals surface area contributed by atoms with Crippen molar-refractivity contribution >= 4 is 21.7 Å². The van der Waals surface area contributed by atoms with Gasteiger partial charge in [-0.3, -0.25) is 4.98 Å². The summed E-state index contributed by atoms with van der Waals surface area (Å²) in [4.78, 5) is 4.82. The Hall–Kier alpha value is -3.45. The molecule has 0 fully saturated rings. The van der Waals surface area contributed by atoms with Gasteiger partial charge in [0.1, 0.15) is 0 Å². The molecule has 1 aromatic heterocycles. The van der Waals surface area contributed by atoms with Gasteiger partial charge < -0.3 is 0 Å². The molecule has 0 amide bonds. The van der Waals surface area contributed by atoms with Crippen molar-refractivity contribution in [3.63, 3.8) is 0 Å². The van der Waals surface area contributed by atoms with Gasteiger partial charge in [0, 0.05) is 17.1 Å². The van der Waals surface area contributed by atoms with E-state index in [-0.39, 0.29) is 0 Å². The quantitative estimate of drug-likeness (QED) is 0.313. The average Bonchev–Trinajstić information content (AvgIpc) is 2.73. The molecule has 5 rings (SSSR count). The van der Waals surface area contributed by atoms with Crippen LogP contribution < -0.4 is 0 Å². The van der Waals surface area contributed by atoms with Gasteiger partial charge in [0.05, 0.1) is 5.52 Å². The number of hydrogen-bond acceptors (Lipinski definition) is 1. The zero-order valence-corrected chi connectivity index (χ0v) is 15.2. The lowest BCUT2D eigenvalue weighted by Gasteiger charge is -2.17. The summed E-state index contributed by atoms with van der Waals surface area (Å²) >= 11 is 0. The highest BCUT2D eigenvalue weighted by Gasteiger charge is 2.17. The number of nitrogens with zero attached hydrogens (tertiary/aromatic N) is 1. The van der Waals surface area contributed by atoms with Crippen LogP contribution in [0, 0.1) is 6.92 Å². The number of fused-ring (bicyclic) bond motifs is 2. The molecule has 27 heavy (non-hydrogen) atoms. The molecule has 0 aliphatic carbocycles. The largest absolute Gasteiger partial charge is 0.256 e. The molecule has 1 heteroatoms. The summed E-state index contributed by atoms with van der Waals surface area (Å²) < 4.78 is 0. The minimum Gasteiger partial charge on any atom is -0.256 e. The monoisotopic (exact) mass is 345 g/mol. The topological polar surface area (TPSA) is 12.9 Å². The Morgan fingerprint density at radius 2 is 1.19 bits per heavy atom. The number of aromatic nitrogens is 1. The number of rotatable bonds is 2. The van der Waals surface area contributed by atoms with E-state index in [4.69, 9.17) is 4.98 Å². The van der Waals surface area contributed by atoms with E-state index >= 15 is 0 Å². The molecule has 0 bridgehead atoms. The van der Waals surface area contributed by atoms with Crippen molar-refractivity contribution in [2.75, 3.05) is 0 Å². The summed E-state index contributed by atoms with van der Waals surface area (Å²) in [6.45, 7) is 2.18. The first-order chi connectivity index (χ1) is 13.3. The number of hydrogen-bond donors (Lipinski definition) is 0. The van der Waals surface area contributed by atoms with Crippen molar-refractivity contribution < 1.29 is 0 Å². The highest BCUT2D eigenvalue weighted by molar-refractivity contribution is 6.20. The van der Waals surface area contributed by atoms with Crippen LogP contribution in [-0.2, 0) is 0 Å². The Balaban J connectivity index is 2.03. The summed E-state index contributed by atoms with van der Waals surface area (Å²) in [6.07, 6.45) is 1.89. The van der Waals surface area contributed by atoms with E-state index in [1.54, 1.807) is 0 Å². The second-order valence-electron chi connectivity index (χ2n) is 6.88. The van der Waals surface area contributed by atoms with E-state index in [2.05, 4.69) is 91.9 Å². The van der Waals surface area contributed by atoms with Gasteiger partial charge in [-0.05, 0) is 46.0 Å². The summed E-state index contributed by atoms with van der Waals surface area (Å²) in [7, 11) is 0. The van der Waals surface area contributed by atoms with Gasteiger partial charge in [0.2, 0.25) is 0 Å². The second kappa shape index (κ2) is 6.37. The smallest absolute Gasteiger partial charge is 0.0792 e. The van der Waals surface area contributed by atoms with E-state index in [0.29, 0.717) is 0 Å². The van der Waals surface area contributed by atoms with Crippen LogP contribution in [0.5, 0.6) is 0 Å². The summed E-state index contributed by atoms with van der Waals surface area (Å²) in [5, 5.41) is 3.71. The molecule has 5 aromatic rings. The van der Waals surface area contributed by atoms with Gasteiger partial charge in [-0.25, -0.2) is 0 Å². The number of benzene rings is 4. The zero-order valence-electron chi connectivity index (χ0n) is 15.2. The Morgan fingerprint density at radius 3 is 1.96 bits per heavy atom. The van der Waals surface area contributed by atoms with Crippen LogP contribution >= 0.6 is 0 Å². The van der Waals surface area contributed by atoms with E-state index in [0.717, 1.165) is 5.52 Å². The van der Waals surface area contributed by atoms with Crippen LogP contribution in [0.15, 0.2) is 97.2 Å². The number of aryl methyl sites for hydroxylation is 1. The molecule has 0 unspecified atom stereocenters. The van der Waals surface area contributed by atoms with Crippen molar-refractivity contribution in [2.24, 2.45) is 0 Å². The van der Waals surface area contributed by atoms with Gasteiger partial charge in [-0.2, -0.15) is 0 Å². The third kappa shape index (κ3) is 2.51.